The van der Waals surface area contributed by atoms with E-state index in [2.05, 4.69) is 0 Å². The number of anilines is 1. The fourth-order valence-electron chi connectivity index (χ4n) is 1.74. The van der Waals surface area contributed by atoms with Crippen LogP contribution in [0.2, 0.25) is 0 Å². The summed E-state index contributed by atoms with van der Waals surface area (Å²) < 4.78 is 10.7. The topological polar surface area (TPSA) is 81.8 Å². The molecule has 0 saturated heterocycles. The highest BCUT2D eigenvalue weighted by Crippen LogP contribution is 2.24. The molecule has 0 radical (unpaired) electrons. The minimum absolute atomic E-state index is 0.135. The third-order valence-electron chi connectivity index (χ3n) is 2.79. The van der Waals surface area contributed by atoms with Crippen LogP contribution < -0.4 is 15.2 Å². The fraction of sp³-hybridized carbons (Fsp3) is 0.133. The van der Waals surface area contributed by atoms with Gasteiger partial charge in [-0.25, -0.2) is 4.79 Å². The summed E-state index contributed by atoms with van der Waals surface area (Å²) >= 11 is 0. The molecule has 2 rings (SSSR count). The van der Waals surface area contributed by atoms with Crippen LogP contribution >= 0.6 is 0 Å². The largest absolute Gasteiger partial charge is 0.497 e. The zero-order valence-electron chi connectivity index (χ0n) is 11.0. The number of hydrogen-bond donors (Lipinski definition) is 2. The lowest BCUT2D eigenvalue weighted by molar-refractivity contribution is 0.0697. The van der Waals surface area contributed by atoms with Gasteiger partial charge >= 0.3 is 5.97 Å². The Morgan fingerprint density at radius 2 is 2.05 bits per heavy atom. The van der Waals surface area contributed by atoms with Gasteiger partial charge in [0.15, 0.2) is 0 Å². The van der Waals surface area contributed by atoms with Crippen LogP contribution in [0.3, 0.4) is 0 Å². The Balaban J connectivity index is 2.08. The van der Waals surface area contributed by atoms with Crippen molar-refractivity contribution in [3.05, 3.63) is 53.6 Å². The van der Waals surface area contributed by atoms with Gasteiger partial charge in [-0.3, -0.25) is 0 Å². The number of methoxy groups -OCH3 is 1. The number of rotatable bonds is 5. The molecule has 0 atom stereocenters. The number of carboxylic acid groups (broad SMARTS) is 1. The zero-order valence-corrected chi connectivity index (χ0v) is 11.0. The Morgan fingerprint density at radius 3 is 2.70 bits per heavy atom. The summed E-state index contributed by atoms with van der Waals surface area (Å²) in [4.78, 5) is 10.8. The first-order chi connectivity index (χ1) is 9.60. The van der Waals surface area contributed by atoms with Crippen LogP contribution in [0.5, 0.6) is 11.5 Å². The van der Waals surface area contributed by atoms with Crippen molar-refractivity contribution in [3.8, 4) is 11.5 Å². The summed E-state index contributed by atoms with van der Waals surface area (Å²) in [5, 5.41) is 8.86. The molecule has 0 unspecified atom stereocenters. The quantitative estimate of drug-likeness (QED) is 0.818. The Hall–Kier alpha value is -2.69. The third kappa shape index (κ3) is 3.20. The number of nitrogens with two attached hydrogens (primary N) is 1. The van der Waals surface area contributed by atoms with Crippen molar-refractivity contribution in [2.24, 2.45) is 0 Å². The lowest BCUT2D eigenvalue weighted by Crippen LogP contribution is -2.02. The minimum Gasteiger partial charge on any atom is -0.497 e. The molecular formula is C15H15NO4. The van der Waals surface area contributed by atoms with Crippen molar-refractivity contribution >= 4 is 11.7 Å². The minimum atomic E-state index is -1.02. The molecular weight excluding hydrogens is 258 g/mol. The predicted octanol–water partition coefficient (Wildman–Crippen LogP) is 2.55. The molecule has 0 aromatic heterocycles. The van der Waals surface area contributed by atoms with E-state index in [-0.39, 0.29) is 5.56 Å². The van der Waals surface area contributed by atoms with E-state index < -0.39 is 5.97 Å². The van der Waals surface area contributed by atoms with Crippen molar-refractivity contribution in [1.29, 1.82) is 0 Å². The molecule has 0 aliphatic rings. The maximum atomic E-state index is 10.8. The number of nitrogen functional groups attached to an aromatic ring is 1. The van der Waals surface area contributed by atoms with Crippen molar-refractivity contribution in [2.45, 2.75) is 6.61 Å². The molecule has 2 aromatic carbocycles. The summed E-state index contributed by atoms with van der Waals surface area (Å²) in [5.74, 6) is 0.189. The number of ether oxygens (including phenoxy) is 2. The molecule has 0 amide bonds. The lowest BCUT2D eigenvalue weighted by atomic mass is 10.2. The van der Waals surface area contributed by atoms with Crippen molar-refractivity contribution < 1.29 is 19.4 Å². The van der Waals surface area contributed by atoms with Gasteiger partial charge in [0.2, 0.25) is 0 Å². The second-order valence-corrected chi connectivity index (χ2v) is 4.20. The van der Waals surface area contributed by atoms with E-state index in [1.165, 1.54) is 12.1 Å². The summed E-state index contributed by atoms with van der Waals surface area (Å²) in [6, 6.07) is 11.9. The maximum absolute atomic E-state index is 10.8. The molecule has 3 N–H and O–H groups in total. The molecule has 0 aliphatic heterocycles. The number of carbonyl (C=O) groups is 1. The first-order valence-corrected chi connectivity index (χ1v) is 5.98. The third-order valence-corrected chi connectivity index (χ3v) is 2.79. The second kappa shape index (κ2) is 5.97. The van der Waals surface area contributed by atoms with Crippen LogP contribution in [-0.2, 0) is 6.61 Å². The Bertz CT molecular complexity index is 625. The van der Waals surface area contributed by atoms with E-state index >= 15 is 0 Å². The number of carboxylic acids is 1. The zero-order chi connectivity index (χ0) is 14.5. The number of benzene rings is 2. The predicted molar refractivity (Wildman–Crippen MR) is 75.1 cm³/mol. The Labute approximate surface area is 116 Å². The molecule has 0 aliphatic carbocycles. The van der Waals surface area contributed by atoms with Gasteiger partial charge in [0, 0.05) is 0 Å². The molecule has 104 valence electrons. The first-order valence-electron chi connectivity index (χ1n) is 5.98. The molecule has 5 nitrogen and oxygen atoms in total. The molecule has 0 spiro atoms. The highest BCUT2D eigenvalue weighted by atomic mass is 16.5. The van der Waals surface area contributed by atoms with Gasteiger partial charge in [0.05, 0.1) is 18.4 Å². The fourth-order valence-corrected chi connectivity index (χ4v) is 1.74. The molecule has 0 fully saturated rings. The smallest absolute Gasteiger partial charge is 0.335 e. The van der Waals surface area contributed by atoms with Crippen LogP contribution in [0.1, 0.15) is 15.9 Å². The normalized spacial score (nSPS) is 10.1. The first kappa shape index (κ1) is 13.7. The summed E-state index contributed by atoms with van der Waals surface area (Å²) in [5.41, 5.74) is 7.14. The maximum Gasteiger partial charge on any atom is 0.335 e. The van der Waals surface area contributed by atoms with Crippen LogP contribution in [0, 0.1) is 0 Å². The van der Waals surface area contributed by atoms with E-state index in [0.717, 1.165) is 11.3 Å². The van der Waals surface area contributed by atoms with E-state index in [9.17, 15) is 4.79 Å². The molecule has 5 heteroatoms. The monoisotopic (exact) mass is 273 g/mol. The Kier molecular flexibility index (Phi) is 4.10. The van der Waals surface area contributed by atoms with E-state index in [4.69, 9.17) is 20.3 Å². The SMILES string of the molecule is COc1cccc(COc2ccc(C(=O)O)cc2N)c1. The highest BCUT2D eigenvalue weighted by Gasteiger charge is 2.07. The van der Waals surface area contributed by atoms with Gasteiger partial charge in [0.25, 0.3) is 0 Å². The van der Waals surface area contributed by atoms with Gasteiger partial charge in [0.1, 0.15) is 18.1 Å². The van der Waals surface area contributed by atoms with Gasteiger partial charge in [-0.2, -0.15) is 0 Å². The van der Waals surface area contributed by atoms with Crippen molar-refractivity contribution in [2.75, 3.05) is 12.8 Å². The highest BCUT2D eigenvalue weighted by molar-refractivity contribution is 5.89. The van der Waals surface area contributed by atoms with Crippen LogP contribution in [0.4, 0.5) is 5.69 Å². The van der Waals surface area contributed by atoms with E-state index in [1.54, 1.807) is 13.2 Å². The average Bonchev–Trinajstić information content (AvgIpc) is 2.46. The summed E-state index contributed by atoms with van der Waals surface area (Å²) in [7, 11) is 1.60. The van der Waals surface area contributed by atoms with Crippen LogP contribution in [0.15, 0.2) is 42.5 Å². The van der Waals surface area contributed by atoms with Crippen LogP contribution in [0.25, 0.3) is 0 Å². The van der Waals surface area contributed by atoms with Gasteiger partial charge in [-0.05, 0) is 35.9 Å². The van der Waals surface area contributed by atoms with Gasteiger partial charge in [-0.1, -0.05) is 12.1 Å². The summed E-state index contributed by atoms with van der Waals surface area (Å²) in [6.45, 7) is 0.327. The Morgan fingerprint density at radius 1 is 1.25 bits per heavy atom. The summed E-state index contributed by atoms with van der Waals surface area (Å²) in [6.07, 6.45) is 0. The molecule has 2 aromatic rings. The van der Waals surface area contributed by atoms with Gasteiger partial charge in [-0.15, -0.1) is 0 Å². The van der Waals surface area contributed by atoms with Crippen molar-refractivity contribution in [1.82, 2.24) is 0 Å². The van der Waals surface area contributed by atoms with E-state index in [0.29, 0.717) is 18.0 Å². The molecule has 0 heterocycles. The lowest BCUT2D eigenvalue weighted by Gasteiger charge is -2.10. The second-order valence-electron chi connectivity index (χ2n) is 4.20. The number of hydrogen-bond acceptors (Lipinski definition) is 4. The standard InChI is InChI=1S/C15H15NO4/c1-19-12-4-2-3-10(7-12)9-20-14-6-5-11(15(17)18)8-13(14)16/h2-8H,9,16H2,1H3,(H,17,18). The van der Waals surface area contributed by atoms with E-state index in [1.807, 2.05) is 24.3 Å². The number of aromatic carboxylic acids is 1. The molecule has 0 saturated carbocycles. The molecule has 0 bridgehead atoms. The van der Waals surface area contributed by atoms with Crippen molar-refractivity contribution in [3.63, 3.8) is 0 Å². The average molecular weight is 273 g/mol. The van der Waals surface area contributed by atoms with Crippen LogP contribution in [-0.4, -0.2) is 18.2 Å². The van der Waals surface area contributed by atoms with Gasteiger partial charge < -0.3 is 20.3 Å². The molecule has 20 heavy (non-hydrogen) atoms.